The molecule has 1 aliphatic heterocycles. The summed E-state index contributed by atoms with van der Waals surface area (Å²) in [5.41, 5.74) is 6.03. The van der Waals surface area contributed by atoms with E-state index in [0.717, 1.165) is 25.4 Å². The van der Waals surface area contributed by atoms with Gasteiger partial charge >= 0.3 is 0 Å². The van der Waals surface area contributed by atoms with Gasteiger partial charge in [-0.3, -0.25) is 0 Å². The number of nitrogens with two attached hydrogens (primary N) is 1. The van der Waals surface area contributed by atoms with Gasteiger partial charge in [-0.15, -0.1) is 0 Å². The Balaban J connectivity index is 2.12. The highest BCUT2D eigenvalue weighted by Crippen LogP contribution is 2.15. The van der Waals surface area contributed by atoms with Crippen molar-refractivity contribution in [2.24, 2.45) is 5.73 Å². The molecule has 0 aromatic heterocycles. The van der Waals surface area contributed by atoms with Crippen LogP contribution in [-0.4, -0.2) is 55.6 Å². The number of hydrogen-bond donors (Lipinski definition) is 1. The normalized spacial score (nSPS) is 24.2. The van der Waals surface area contributed by atoms with E-state index < -0.39 is 0 Å². The molecule has 1 aliphatic rings. The molecular formula is C13H29N3. The summed E-state index contributed by atoms with van der Waals surface area (Å²) in [5, 5.41) is 0. The molecule has 1 saturated heterocycles. The highest BCUT2D eigenvalue weighted by molar-refractivity contribution is 4.79. The van der Waals surface area contributed by atoms with Gasteiger partial charge in [-0.25, -0.2) is 0 Å². The van der Waals surface area contributed by atoms with Crippen LogP contribution in [0.15, 0.2) is 0 Å². The third-order valence-electron chi connectivity index (χ3n) is 3.74. The van der Waals surface area contributed by atoms with E-state index in [9.17, 15) is 0 Å². The van der Waals surface area contributed by atoms with Crippen LogP contribution in [0.5, 0.6) is 0 Å². The molecule has 0 spiro atoms. The molecule has 2 atom stereocenters. The van der Waals surface area contributed by atoms with Crippen LogP contribution in [-0.2, 0) is 0 Å². The quantitative estimate of drug-likeness (QED) is 0.716. The summed E-state index contributed by atoms with van der Waals surface area (Å²) in [4.78, 5) is 4.93. The Kier molecular flexibility index (Phi) is 6.32. The van der Waals surface area contributed by atoms with Gasteiger partial charge in [0.15, 0.2) is 0 Å². The van der Waals surface area contributed by atoms with Gasteiger partial charge in [-0.2, -0.15) is 0 Å². The van der Waals surface area contributed by atoms with Crippen LogP contribution in [0, 0.1) is 0 Å². The molecular weight excluding hydrogens is 198 g/mol. The van der Waals surface area contributed by atoms with Gasteiger partial charge in [0, 0.05) is 18.6 Å². The molecule has 0 radical (unpaired) electrons. The molecule has 0 aromatic rings. The van der Waals surface area contributed by atoms with Crippen LogP contribution in [0.25, 0.3) is 0 Å². The van der Waals surface area contributed by atoms with Crippen molar-refractivity contribution >= 4 is 0 Å². The summed E-state index contributed by atoms with van der Waals surface area (Å²) in [6.45, 7) is 5.83. The van der Waals surface area contributed by atoms with Gasteiger partial charge in [-0.05, 0) is 52.9 Å². The lowest BCUT2D eigenvalue weighted by molar-refractivity contribution is 0.215. The molecule has 1 heterocycles. The van der Waals surface area contributed by atoms with Crippen LogP contribution in [0.1, 0.15) is 39.0 Å². The summed E-state index contributed by atoms with van der Waals surface area (Å²) in [6, 6.07) is 1.17. The average Bonchev–Trinajstić information content (AvgIpc) is 2.62. The van der Waals surface area contributed by atoms with Crippen molar-refractivity contribution in [1.82, 2.24) is 9.80 Å². The third kappa shape index (κ3) is 4.81. The lowest BCUT2D eigenvalue weighted by atomic mass is 10.1. The number of rotatable bonds is 7. The summed E-state index contributed by atoms with van der Waals surface area (Å²) in [6.07, 6.45) is 6.24. The second kappa shape index (κ2) is 7.25. The zero-order valence-corrected chi connectivity index (χ0v) is 11.3. The second-order valence-electron chi connectivity index (χ2n) is 5.38. The molecule has 0 amide bonds. The van der Waals surface area contributed by atoms with Crippen molar-refractivity contribution in [3.05, 3.63) is 0 Å². The van der Waals surface area contributed by atoms with Crippen molar-refractivity contribution in [3.63, 3.8) is 0 Å². The Morgan fingerprint density at radius 2 is 2.19 bits per heavy atom. The van der Waals surface area contributed by atoms with Crippen molar-refractivity contribution < 1.29 is 0 Å². The zero-order valence-electron chi connectivity index (χ0n) is 11.3. The Morgan fingerprint density at radius 1 is 1.44 bits per heavy atom. The maximum absolute atomic E-state index is 6.03. The van der Waals surface area contributed by atoms with E-state index >= 15 is 0 Å². The molecule has 1 fully saturated rings. The fourth-order valence-electron chi connectivity index (χ4n) is 2.56. The van der Waals surface area contributed by atoms with E-state index in [1.54, 1.807) is 0 Å². The van der Waals surface area contributed by atoms with Crippen LogP contribution >= 0.6 is 0 Å². The topological polar surface area (TPSA) is 32.5 Å². The fourth-order valence-corrected chi connectivity index (χ4v) is 2.56. The predicted octanol–water partition coefficient (Wildman–Crippen LogP) is 1.53. The Labute approximate surface area is 101 Å². The highest BCUT2D eigenvalue weighted by Gasteiger charge is 2.21. The van der Waals surface area contributed by atoms with E-state index in [0.29, 0.717) is 6.04 Å². The van der Waals surface area contributed by atoms with Gasteiger partial charge in [0.2, 0.25) is 0 Å². The zero-order chi connectivity index (χ0) is 12.0. The number of hydrogen-bond acceptors (Lipinski definition) is 3. The summed E-state index contributed by atoms with van der Waals surface area (Å²) in [7, 11) is 4.47. The lowest BCUT2D eigenvalue weighted by Crippen LogP contribution is -2.38. The molecule has 96 valence electrons. The fraction of sp³-hybridized carbons (Fsp3) is 1.00. The maximum Gasteiger partial charge on any atom is 0.0220 e. The first-order valence-corrected chi connectivity index (χ1v) is 6.77. The van der Waals surface area contributed by atoms with Crippen molar-refractivity contribution in [2.75, 3.05) is 33.7 Å². The van der Waals surface area contributed by atoms with E-state index in [1.807, 2.05) is 0 Å². The van der Waals surface area contributed by atoms with Gasteiger partial charge in [0.05, 0.1) is 0 Å². The smallest absolute Gasteiger partial charge is 0.0220 e. The van der Waals surface area contributed by atoms with Crippen LogP contribution in [0.2, 0.25) is 0 Å². The maximum atomic E-state index is 6.03. The first kappa shape index (κ1) is 13.9. The molecule has 0 saturated carbocycles. The minimum Gasteiger partial charge on any atom is -0.328 e. The SMILES string of the molecule is CCCC(N)CCN(C)CC1CCCN1C. The standard InChI is InChI=1S/C13H29N3/c1-4-6-12(14)8-10-15(2)11-13-7-5-9-16(13)3/h12-13H,4-11,14H2,1-3H3. The lowest BCUT2D eigenvalue weighted by Gasteiger charge is -2.26. The minimum absolute atomic E-state index is 0.397. The number of likely N-dealkylation sites (tertiary alicyclic amines) is 1. The van der Waals surface area contributed by atoms with Gasteiger partial charge in [-0.1, -0.05) is 13.3 Å². The number of nitrogens with zero attached hydrogens (tertiary/aromatic N) is 2. The average molecular weight is 227 g/mol. The molecule has 1 rings (SSSR count). The molecule has 3 nitrogen and oxygen atoms in total. The Bertz CT molecular complexity index is 184. The van der Waals surface area contributed by atoms with E-state index in [4.69, 9.17) is 5.73 Å². The second-order valence-corrected chi connectivity index (χ2v) is 5.38. The van der Waals surface area contributed by atoms with E-state index in [2.05, 4.69) is 30.8 Å². The molecule has 0 aliphatic carbocycles. The summed E-state index contributed by atoms with van der Waals surface area (Å²) < 4.78 is 0. The largest absolute Gasteiger partial charge is 0.328 e. The molecule has 16 heavy (non-hydrogen) atoms. The summed E-state index contributed by atoms with van der Waals surface area (Å²) in [5.74, 6) is 0. The van der Waals surface area contributed by atoms with Crippen LogP contribution in [0.4, 0.5) is 0 Å². The minimum atomic E-state index is 0.397. The first-order chi connectivity index (χ1) is 7.63. The van der Waals surface area contributed by atoms with Gasteiger partial charge in [0.1, 0.15) is 0 Å². The molecule has 0 aromatic carbocycles. The third-order valence-corrected chi connectivity index (χ3v) is 3.74. The molecule has 2 N–H and O–H groups in total. The van der Waals surface area contributed by atoms with Crippen LogP contribution in [0.3, 0.4) is 0 Å². The van der Waals surface area contributed by atoms with Crippen molar-refractivity contribution in [1.29, 1.82) is 0 Å². The molecule has 2 unspecified atom stereocenters. The van der Waals surface area contributed by atoms with Crippen molar-refractivity contribution in [3.8, 4) is 0 Å². The Morgan fingerprint density at radius 3 is 2.75 bits per heavy atom. The molecule has 0 bridgehead atoms. The van der Waals surface area contributed by atoms with Crippen LogP contribution < -0.4 is 5.73 Å². The monoisotopic (exact) mass is 227 g/mol. The number of likely N-dealkylation sites (N-methyl/N-ethyl adjacent to an activating group) is 2. The first-order valence-electron chi connectivity index (χ1n) is 6.77. The van der Waals surface area contributed by atoms with E-state index in [-0.39, 0.29) is 0 Å². The van der Waals surface area contributed by atoms with E-state index in [1.165, 1.54) is 32.4 Å². The Hall–Kier alpha value is -0.120. The predicted molar refractivity (Wildman–Crippen MR) is 70.6 cm³/mol. The molecule has 3 heteroatoms. The van der Waals surface area contributed by atoms with Gasteiger partial charge < -0.3 is 15.5 Å². The van der Waals surface area contributed by atoms with Gasteiger partial charge in [0.25, 0.3) is 0 Å². The van der Waals surface area contributed by atoms with Crippen molar-refractivity contribution in [2.45, 2.75) is 51.1 Å². The summed E-state index contributed by atoms with van der Waals surface area (Å²) >= 11 is 0. The highest BCUT2D eigenvalue weighted by atomic mass is 15.2.